The van der Waals surface area contributed by atoms with Crippen LogP contribution in [0.25, 0.3) is 0 Å². The number of rotatable bonds is 5. The molecule has 0 saturated heterocycles. The molecule has 0 bridgehead atoms. The van der Waals surface area contributed by atoms with Gasteiger partial charge in [-0.2, -0.15) is 0 Å². The molecular weight excluding hydrogens is 200 g/mol. The maximum atomic E-state index is 10.6. The molecule has 0 aliphatic heterocycles. The average Bonchev–Trinajstić information content (AvgIpc) is 2.65. The lowest BCUT2D eigenvalue weighted by molar-refractivity contribution is -0.176. The Morgan fingerprint density at radius 1 is 1.13 bits per heavy atom. The highest BCUT2D eigenvalue weighted by Crippen LogP contribution is 2.30. The van der Waals surface area contributed by atoms with E-state index in [0.29, 0.717) is 12.3 Å². The van der Waals surface area contributed by atoms with Gasteiger partial charge in [-0.25, -0.2) is 9.59 Å². The third-order valence-electron chi connectivity index (χ3n) is 3.10. The summed E-state index contributed by atoms with van der Waals surface area (Å²) in [4.78, 5) is 21.3. The second-order valence-electron chi connectivity index (χ2n) is 4.16. The number of aliphatic hydroxyl groups is 1. The summed E-state index contributed by atoms with van der Waals surface area (Å²) in [6.45, 7) is 0. The summed E-state index contributed by atoms with van der Waals surface area (Å²) in [5, 5.41) is 26.7. The van der Waals surface area contributed by atoms with Gasteiger partial charge in [-0.05, 0) is 18.8 Å². The smallest absolute Gasteiger partial charge is 0.347 e. The van der Waals surface area contributed by atoms with Crippen LogP contribution in [0.5, 0.6) is 0 Å². The molecule has 0 amide bonds. The largest absolute Gasteiger partial charge is 0.479 e. The number of carboxylic acid groups (broad SMARTS) is 2. The molecule has 5 heteroatoms. The molecule has 0 aromatic heterocycles. The van der Waals surface area contributed by atoms with Crippen molar-refractivity contribution in [2.24, 2.45) is 5.92 Å². The lowest BCUT2D eigenvalue weighted by Gasteiger charge is -2.19. The monoisotopic (exact) mass is 216 g/mol. The number of carboxylic acids is 2. The van der Waals surface area contributed by atoms with E-state index in [0.717, 1.165) is 25.7 Å². The van der Waals surface area contributed by atoms with Crippen molar-refractivity contribution in [2.75, 3.05) is 0 Å². The molecule has 0 aromatic carbocycles. The van der Waals surface area contributed by atoms with E-state index in [4.69, 9.17) is 10.2 Å². The molecule has 1 saturated carbocycles. The number of aliphatic carboxylic acids is 2. The van der Waals surface area contributed by atoms with Crippen molar-refractivity contribution < 1.29 is 24.9 Å². The Bertz CT molecular complexity index is 241. The third-order valence-corrected chi connectivity index (χ3v) is 3.10. The predicted octanol–water partition coefficient (Wildman–Crippen LogP) is 0.857. The molecule has 3 N–H and O–H groups in total. The van der Waals surface area contributed by atoms with Crippen LogP contribution in [0.3, 0.4) is 0 Å². The Labute approximate surface area is 87.7 Å². The van der Waals surface area contributed by atoms with E-state index in [9.17, 15) is 14.7 Å². The van der Waals surface area contributed by atoms with Crippen LogP contribution in [0.1, 0.15) is 38.5 Å². The zero-order valence-corrected chi connectivity index (χ0v) is 8.48. The summed E-state index contributed by atoms with van der Waals surface area (Å²) in [6, 6.07) is 0. The average molecular weight is 216 g/mol. The van der Waals surface area contributed by atoms with Crippen molar-refractivity contribution in [3.8, 4) is 0 Å². The Kier molecular flexibility index (Phi) is 3.68. The molecule has 86 valence electrons. The molecule has 0 spiro atoms. The Morgan fingerprint density at radius 2 is 1.60 bits per heavy atom. The Hall–Kier alpha value is -1.10. The first-order valence-corrected chi connectivity index (χ1v) is 5.16. The normalized spacial score (nSPS) is 17.9. The van der Waals surface area contributed by atoms with E-state index >= 15 is 0 Å². The van der Waals surface area contributed by atoms with Crippen molar-refractivity contribution in [2.45, 2.75) is 44.1 Å². The van der Waals surface area contributed by atoms with Crippen LogP contribution in [0, 0.1) is 5.92 Å². The molecule has 0 aromatic rings. The second kappa shape index (κ2) is 4.61. The van der Waals surface area contributed by atoms with E-state index in [1.165, 1.54) is 0 Å². The van der Waals surface area contributed by atoms with Gasteiger partial charge in [0.1, 0.15) is 0 Å². The van der Waals surface area contributed by atoms with Gasteiger partial charge in [-0.1, -0.05) is 25.7 Å². The fourth-order valence-corrected chi connectivity index (χ4v) is 2.02. The van der Waals surface area contributed by atoms with Gasteiger partial charge in [0.15, 0.2) is 0 Å². The lowest BCUT2D eigenvalue weighted by Crippen LogP contribution is -2.46. The van der Waals surface area contributed by atoms with E-state index in [2.05, 4.69) is 0 Å². The van der Waals surface area contributed by atoms with Crippen molar-refractivity contribution in [3.63, 3.8) is 0 Å². The van der Waals surface area contributed by atoms with E-state index in [1.54, 1.807) is 0 Å². The van der Waals surface area contributed by atoms with Crippen LogP contribution in [-0.4, -0.2) is 32.9 Å². The van der Waals surface area contributed by atoms with Crippen LogP contribution in [0.4, 0.5) is 0 Å². The highest BCUT2D eigenvalue weighted by Gasteiger charge is 2.44. The van der Waals surface area contributed by atoms with Crippen LogP contribution >= 0.6 is 0 Å². The molecule has 1 fully saturated rings. The fraction of sp³-hybridized carbons (Fsp3) is 0.800. The molecule has 5 nitrogen and oxygen atoms in total. The lowest BCUT2D eigenvalue weighted by atomic mass is 9.91. The summed E-state index contributed by atoms with van der Waals surface area (Å²) in [5.74, 6) is -2.98. The first-order valence-electron chi connectivity index (χ1n) is 5.16. The second-order valence-corrected chi connectivity index (χ2v) is 4.16. The minimum Gasteiger partial charge on any atom is -0.479 e. The molecule has 15 heavy (non-hydrogen) atoms. The van der Waals surface area contributed by atoms with Gasteiger partial charge in [0.25, 0.3) is 5.60 Å². The quantitative estimate of drug-likeness (QED) is 0.592. The van der Waals surface area contributed by atoms with Gasteiger partial charge in [-0.15, -0.1) is 0 Å². The maximum Gasteiger partial charge on any atom is 0.347 e. The van der Waals surface area contributed by atoms with E-state index in [1.807, 2.05) is 0 Å². The first kappa shape index (κ1) is 12.0. The van der Waals surface area contributed by atoms with Crippen molar-refractivity contribution >= 4 is 11.9 Å². The van der Waals surface area contributed by atoms with Crippen LogP contribution in [0.15, 0.2) is 0 Å². The maximum absolute atomic E-state index is 10.6. The Morgan fingerprint density at radius 3 is 2.00 bits per heavy atom. The zero-order valence-electron chi connectivity index (χ0n) is 8.48. The predicted molar refractivity (Wildman–Crippen MR) is 51.4 cm³/mol. The standard InChI is InChI=1S/C10H16O5/c11-8(12)10(15,9(13)14)6-5-7-3-1-2-4-7/h7,15H,1-6H2,(H,11,12)(H,13,14). The minimum absolute atomic E-state index is 0.206. The van der Waals surface area contributed by atoms with Gasteiger partial charge < -0.3 is 15.3 Å². The highest BCUT2D eigenvalue weighted by molar-refractivity contribution is 6.01. The first-order chi connectivity index (χ1) is 6.97. The van der Waals surface area contributed by atoms with Gasteiger partial charge in [-0.3, -0.25) is 0 Å². The summed E-state index contributed by atoms with van der Waals surface area (Å²) < 4.78 is 0. The van der Waals surface area contributed by atoms with Crippen molar-refractivity contribution in [3.05, 3.63) is 0 Å². The topological polar surface area (TPSA) is 94.8 Å². The number of hydrogen-bond acceptors (Lipinski definition) is 3. The summed E-state index contributed by atoms with van der Waals surface area (Å²) in [6.07, 6.45) is 4.51. The zero-order chi connectivity index (χ0) is 11.5. The molecule has 1 aliphatic carbocycles. The molecule has 1 rings (SSSR count). The van der Waals surface area contributed by atoms with Crippen LogP contribution < -0.4 is 0 Å². The molecule has 0 radical (unpaired) electrons. The van der Waals surface area contributed by atoms with Crippen molar-refractivity contribution in [1.29, 1.82) is 0 Å². The minimum atomic E-state index is -2.61. The van der Waals surface area contributed by atoms with Gasteiger partial charge >= 0.3 is 11.9 Å². The van der Waals surface area contributed by atoms with Crippen LogP contribution in [-0.2, 0) is 9.59 Å². The SMILES string of the molecule is O=C(O)C(O)(CCC1CCCC1)C(=O)O. The Balaban J connectivity index is 2.51. The summed E-state index contributed by atoms with van der Waals surface area (Å²) in [7, 11) is 0. The van der Waals surface area contributed by atoms with Crippen molar-refractivity contribution in [1.82, 2.24) is 0 Å². The third kappa shape index (κ3) is 2.68. The number of hydrogen-bond donors (Lipinski definition) is 3. The molecule has 0 atom stereocenters. The van der Waals surface area contributed by atoms with Gasteiger partial charge in [0, 0.05) is 0 Å². The van der Waals surface area contributed by atoms with Crippen LogP contribution in [0.2, 0.25) is 0 Å². The van der Waals surface area contributed by atoms with E-state index < -0.39 is 17.5 Å². The summed E-state index contributed by atoms with van der Waals surface area (Å²) >= 11 is 0. The van der Waals surface area contributed by atoms with Gasteiger partial charge in [0.2, 0.25) is 0 Å². The molecule has 0 unspecified atom stereocenters. The number of carbonyl (C=O) groups is 2. The molecule has 1 aliphatic rings. The molecular formula is C10H16O5. The molecule has 0 heterocycles. The van der Waals surface area contributed by atoms with Gasteiger partial charge in [0.05, 0.1) is 0 Å². The fourth-order valence-electron chi connectivity index (χ4n) is 2.02. The highest BCUT2D eigenvalue weighted by atomic mass is 16.4. The van der Waals surface area contributed by atoms with E-state index in [-0.39, 0.29) is 6.42 Å². The summed E-state index contributed by atoms with van der Waals surface area (Å²) in [5.41, 5.74) is -2.61.